The summed E-state index contributed by atoms with van der Waals surface area (Å²) >= 11 is 1.60. The second kappa shape index (κ2) is 6.76. The molecule has 0 bridgehead atoms. The number of carbonyl (C=O) groups is 1. The number of thioether (sulfide) groups is 1. The second-order valence-electron chi connectivity index (χ2n) is 5.31. The second-order valence-corrected chi connectivity index (χ2v) is 6.35. The fraction of sp³-hybridized carbons (Fsp3) is 0.278. The third-order valence-electron chi connectivity index (χ3n) is 3.26. The molecule has 0 amide bonds. The van der Waals surface area contributed by atoms with Gasteiger partial charge in [-0.05, 0) is 30.5 Å². The van der Waals surface area contributed by atoms with Gasteiger partial charge in [-0.1, -0.05) is 55.8 Å². The number of rotatable bonds is 5. The van der Waals surface area contributed by atoms with E-state index in [1.54, 1.807) is 11.8 Å². The first-order valence-electron chi connectivity index (χ1n) is 6.89. The summed E-state index contributed by atoms with van der Waals surface area (Å²) in [6.07, 6.45) is 0. The number of Topliss-reactive ketones (excluding diaryl/α,β-unsaturated/α-hetero) is 1. The molecule has 2 aromatic rings. The Kier molecular flexibility index (Phi) is 5.02. The molecule has 0 aliphatic carbocycles. The van der Waals surface area contributed by atoms with Crippen LogP contribution in [0, 0.1) is 6.92 Å². The molecule has 0 atom stereocenters. The molecular weight excluding hydrogens is 264 g/mol. The maximum atomic E-state index is 12.2. The van der Waals surface area contributed by atoms with E-state index < -0.39 is 0 Å². The average molecular weight is 284 g/mol. The first-order valence-corrected chi connectivity index (χ1v) is 7.87. The van der Waals surface area contributed by atoms with Gasteiger partial charge >= 0.3 is 0 Å². The average Bonchev–Trinajstić information content (AvgIpc) is 2.45. The highest BCUT2D eigenvalue weighted by Gasteiger charge is 2.07. The van der Waals surface area contributed by atoms with Crippen molar-refractivity contribution >= 4 is 17.5 Å². The van der Waals surface area contributed by atoms with Crippen molar-refractivity contribution in [1.29, 1.82) is 0 Å². The van der Waals surface area contributed by atoms with Crippen LogP contribution >= 0.6 is 11.8 Å². The van der Waals surface area contributed by atoms with Gasteiger partial charge in [-0.15, -0.1) is 11.8 Å². The first kappa shape index (κ1) is 14.9. The Morgan fingerprint density at radius 1 is 1.10 bits per heavy atom. The van der Waals surface area contributed by atoms with E-state index in [1.165, 1.54) is 11.1 Å². The molecule has 1 nitrogen and oxygen atoms in total. The van der Waals surface area contributed by atoms with Crippen LogP contribution in [0.1, 0.15) is 41.3 Å². The minimum Gasteiger partial charge on any atom is -0.293 e. The largest absolute Gasteiger partial charge is 0.293 e. The lowest BCUT2D eigenvalue weighted by Gasteiger charge is -2.06. The van der Waals surface area contributed by atoms with Crippen LogP contribution < -0.4 is 0 Å². The number of ketones is 1. The van der Waals surface area contributed by atoms with Crippen LogP contribution in [0.15, 0.2) is 53.4 Å². The topological polar surface area (TPSA) is 17.1 Å². The number of hydrogen-bond acceptors (Lipinski definition) is 2. The predicted octanol–water partition coefficient (Wildman–Crippen LogP) is 5.09. The summed E-state index contributed by atoms with van der Waals surface area (Å²) in [5, 5.41) is 0. The lowest BCUT2D eigenvalue weighted by Crippen LogP contribution is -2.02. The van der Waals surface area contributed by atoms with Gasteiger partial charge in [0.15, 0.2) is 5.78 Å². The maximum absolute atomic E-state index is 12.2. The molecule has 0 fully saturated rings. The van der Waals surface area contributed by atoms with Crippen LogP contribution in [0.2, 0.25) is 0 Å². The van der Waals surface area contributed by atoms with E-state index >= 15 is 0 Å². The molecule has 0 aliphatic heterocycles. The van der Waals surface area contributed by atoms with Gasteiger partial charge in [0.1, 0.15) is 0 Å². The monoisotopic (exact) mass is 284 g/mol. The zero-order valence-corrected chi connectivity index (χ0v) is 13.0. The van der Waals surface area contributed by atoms with Gasteiger partial charge in [-0.25, -0.2) is 0 Å². The maximum Gasteiger partial charge on any atom is 0.173 e. The third kappa shape index (κ3) is 3.97. The molecule has 0 unspecified atom stereocenters. The van der Waals surface area contributed by atoms with Crippen molar-refractivity contribution in [3.8, 4) is 0 Å². The molecule has 0 aliphatic rings. The molecule has 0 heterocycles. The van der Waals surface area contributed by atoms with Gasteiger partial charge in [0, 0.05) is 10.5 Å². The third-order valence-corrected chi connectivity index (χ3v) is 4.25. The number of aryl methyl sites for hydroxylation is 1. The van der Waals surface area contributed by atoms with Crippen molar-refractivity contribution in [3.63, 3.8) is 0 Å². The van der Waals surface area contributed by atoms with Gasteiger partial charge in [0.05, 0.1) is 5.75 Å². The molecule has 2 rings (SSSR count). The van der Waals surface area contributed by atoms with Crippen molar-refractivity contribution < 1.29 is 4.79 Å². The Labute approximate surface area is 125 Å². The zero-order chi connectivity index (χ0) is 14.5. The molecule has 0 aromatic heterocycles. The molecule has 0 radical (unpaired) electrons. The van der Waals surface area contributed by atoms with Gasteiger partial charge in [-0.3, -0.25) is 4.79 Å². The fourth-order valence-electron chi connectivity index (χ4n) is 1.99. The van der Waals surface area contributed by atoms with Gasteiger partial charge in [-0.2, -0.15) is 0 Å². The molecule has 0 spiro atoms. The molecule has 0 saturated heterocycles. The summed E-state index contributed by atoms with van der Waals surface area (Å²) < 4.78 is 0. The molecule has 2 aromatic carbocycles. The smallest absolute Gasteiger partial charge is 0.173 e. The Morgan fingerprint density at radius 2 is 1.80 bits per heavy atom. The highest BCUT2D eigenvalue weighted by Crippen LogP contribution is 2.21. The molecule has 2 heteroatoms. The van der Waals surface area contributed by atoms with Gasteiger partial charge < -0.3 is 0 Å². The van der Waals surface area contributed by atoms with Crippen LogP contribution in [0.25, 0.3) is 0 Å². The van der Waals surface area contributed by atoms with E-state index in [4.69, 9.17) is 0 Å². The lowest BCUT2D eigenvalue weighted by molar-refractivity contribution is 0.102. The lowest BCUT2D eigenvalue weighted by atomic mass is 10.0. The first-order chi connectivity index (χ1) is 9.56. The van der Waals surface area contributed by atoms with E-state index in [2.05, 4.69) is 45.0 Å². The summed E-state index contributed by atoms with van der Waals surface area (Å²) in [7, 11) is 0. The van der Waals surface area contributed by atoms with Crippen LogP contribution in [0.4, 0.5) is 0 Å². The fourth-order valence-corrected chi connectivity index (χ4v) is 2.90. The highest BCUT2D eigenvalue weighted by atomic mass is 32.2. The molecule has 104 valence electrons. The van der Waals surface area contributed by atoms with Crippen molar-refractivity contribution in [2.45, 2.75) is 31.6 Å². The molecule has 0 saturated carbocycles. The summed E-state index contributed by atoms with van der Waals surface area (Å²) in [5.41, 5.74) is 3.30. The highest BCUT2D eigenvalue weighted by molar-refractivity contribution is 8.00. The van der Waals surface area contributed by atoms with Crippen LogP contribution in [-0.4, -0.2) is 11.5 Å². The van der Waals surface area contributed by atoms with Crippen molar-refractivity contribution in [3.05, 3.63) is 65.2 Å². The minimum atomic E-state index is 0.187. The van der Waals surface area contributed by atoms with E-state index in [-0.39, 0.29) is 5.78 Å². The van der Waals surface area contributed by atoms with Crippen molar-refractivity contribution in [1.82, 2.24) is 0 Å². The van der Waals surface area contributed by atoms with Gasteiger partial charge in [0.25, 0.3) is 0 Å². The Bertz CT molecular complexity index is 585. The molecular formula is C18H20OS. The summed E-state index contributed by atoms with van der Waals surface area (Å²) in [6, 6.07) is 16.2. The minimum absolute atomic E-state index is 0.187. The van der Waals surface area contributed by atoms with E-state index in [1.807, 2.05) is 24.3 Å². The van der Waals surface area contributed by atoms with E-state index in [9.17, 15) is 4.79 Å². The van der Waals surface area contributed by atoms with Crippen LogP contribution in [0.5, 0.6) is 0 Å². The molecule has 20 heavy (non-hydrogen) atoms. The molecule has 0 N–H and O–H groups in total. The number of hydrogen-bond donors (Lipinski definition) is 0. The predicted molar refractivity (Wildman–Crippen MR) is 86.8 cm³/mol. The zero-order valence-electron chi connectivity index (χ0n) is 12.2. The summed E-state index contributed by atoms with van der Waals surface area (Å²) in [6.45, 7) is 6.38. The quantitative estimate of drug-likeness (QED) is 0.561. The van der Waals surface area contributed by atoms with E-state index in [0.29, 0.717) is 11.7 Å². The number of carbonyl (C=O) groups excluding carboxylic acids is 1. The number of benzene rings is 2. The van der Waals surface area contributed by atoms with E-state index in [0.717, 1.165) is 10.5 Å². The standard InChI is InChI=1S/C18H20OS/c1-13(2)15-7-9-16(10-8-15)18(19)12-20-17-6-4-5-14(3)11-17/h4-11,13H,12H2,1-3H3. The SMILES string of the molecule is Cc1cccc(SCC(=O)c2ccc(C(C)C)cc2)c1. The van der Waals surface area contributed by atoms with Crippen molar-refractivity contribution in [2.24, 2.45) is 0 Å². The Balaban J connectivity index is 1.98. The summed E-state index contributed by atoms with van der Waals surface area (Å²) in [5.74, 6) is 1.18. The van der Waals surface area contributed by atoms with Crippen molar-refractivity contribution in [2.75, 3.05) is 5.75 Å². The van der Waals surface area contributed by atoms with Crippen LogP contribution in [0.3, 0.4) is 0 Å². The Morgan fingerprint density at radius 3 is 2.40 bits per heavy atom. The van der Waals surface area contributed by atoms with Gasteiger partial charge in [0.2, 0.25) is 0 Å². The normalized spacial score (nSPS) is 10.8. The summed E-state index contributed by atoms with van der Waals surface area (Å²) in [4.78, 5) is 13.3. The van der Waals surface area contributed by atoms with Crippen LogP contribution in [-0.2, 0) is 0 Å². The Hall–Kier alpha value is -1.54.